The van der Waals surface area contributed by atoms with Gasteiger partial charge in [0, 0.05) is 16.6 Å². The van der Waals surface area contributed by atoms with E-state index in [1.807, 2.05) is 18.2 Å². The highest BCUT2D eigenvalue weighted by Crippen LogP contribution is 2.16. The summed E-state index contributed by atoms with van der Waals surface area (Å²) in [5.41, 5.74) is 1.45. The number of esters is 1. The summed E-state index contributed by atoms with van der Waals surface area (Å²) >= 11 is 12.0. The van der Waals surface area contributed by atoms with E-state index in [0.29, 0.717) is 15.6 Å². The number of carbonyl (C=O) groups excluding carboxylic acids is 2. The van der Waals surface area contributed by atoms with Gasteiger partial charge in [0.15, 0.2) is 6.10 Å². The molecule has 0 saturated heterocycles. The standard InChI is InChI=1S/C18H17Cl2NO3/c1-12(18(23)21-11-14-7-3-5-9-16(14)20)24-17(22)10-13-6-2-4-8-15(13)19/h2-9,12H,10-11H2,1H3,(H,21,23)/t12-/m0/s1. The highest BCUT2D eigenvalue weighted by atomic mass is 35.5. The average molecular weight is 366 g/mol. The molecule has 126 valence electrons. The van der Waals surface area contributed by atoms with E-state index < -0.39 is 12.1 Å². The molecule has 1 N–H and O–H groups in total. The summed E-state index contributed by atoms with van der Waals surface area (Å²) in [6.07, 6.45) is -0.885. The number of amides is 1. The van der Waals surface area contributed by atoms with Crippen LogP contribution in [0.1, 0.15) is 18.1 Å². The third-order valence-corrected chi connectivity index (χ3v) is 4.12. The van der Waals surface area contributed by atoms with Gasteiger partial charge in [-0.15, -0.1) is 0 Å². The number of ether oxygens (including phenoxy) is 1. The molecule has 2 aromatic rings. The van der Waals surface area contributed by atoms with Crippen molar-refractivity contribution in [2.75, 3.05) is 0 Å². The molecule has 24 heavy (non-hydrogen) atoms. The van der Waals surface area contributed by atoms with Gasteiger partial charge < -0.3 is 10.1 Å². The largest absolute Gasteiger partial charge is 0.452 e. The van der Waals surface area contributed by atoms with Crippen LogP contribution in [0.2, 0.25) is 10.0 Å². The normalized spacial score (nSPS) is 11.6. The van der Waals surface area contributed by atoms with Crippen LogP contribution in [0, 0.1) is 0 Å². The van der Waals surface area contributed by atoms with Crippen LogP contribution in [-0.2, 0) is 27.3 Å². The molecule has 2 rings (SSSR count). The number of rotatable bonds is 6. The first-order chi connectivity index (χ1) is 11.5. The van der Waals surface area contributed by atoms with Gasteiger partial charge in [0.2, 0.25) is 0 Å². The average Bonchev–Trinajstić information content (AvgIpc) is 2.56. The molecule has 4 nitrogen and oxygen atoms in total. The van der Waals surface area contributed by atoms with Crippen molar-refractivity contribution in [3.63, 3.8) is 0 Å². The molecule has 2 aromatic carbocycles. The Balaban J connectivity index is 1.84. The van der Waals surface area contributed by atoms with Crippen molar-refractivity contribution in [3.8, 4) is 0 Å². The fraction of sp³-hybridized carbons (Fsp3) is 0.222. The quantitative estimate of drug-likeness (QED) is 0.792. The molecule has 0 unspecified atom stereocenters. The van der Waals surface area contributed by atoms with E-state index in [2.05, 4.69) is 5.32 Å². The van der Waals surface area contributed by atoms with Gasteiger partial charge in [-0.3, -0.25) is 9.59 Å². The third kappa shape index (κ3) is 5.25. The molecule has 0 spiro atoms. The van der Waals surface area contributed by atoms with Crippen molar-refractivity contribution < 1.29 is 14.3 Å². The molecule has 0 heterocycles. The number of hydrogen-bond acceptors (Lipinski definition) is 3. The van der Waals surface area contributed by atoms with Crippen molar-refractivity contribution in [2.45, 2.75) is 26.0 Å². The first kappa shape index (κ1) is 18.3. The summed E-state index contributed by atoms with van der Waals surface area (Å²) < 4.78 is 5.15. The van der Waals surface area contributed by atoms with E-state index in [4.69, 9.17) is 27.9 Å². The molecule has 0 aromatic heterocycles. The lowest BCUT2D eigenvalue weighted by Crippen LogP contribution is -2.35. The van der Waals surface area contributed by atoms with Gasteiger partial charge in [-0.1, -0.05) is 59.6 Å². The molecular formula is C18H17Cl2NO3. The van der Waals surface area contributed by atoms with E-state index in [1.54, 1.807) is 30.3 Å². The number of halogens is 2. The smallest absolute Gasteiger partial charge is 0.311 e. The first-order valence-corrected chi connectivity index (χ1v) is 8.17. The zero-order valence-electron chi connectivity index (χ0n) is 13.1. The Bertz CT molecular complexity index is 734. The predicted molar refractivity (Wildman–Crippen MR) is 94.0 cm³/mol. The molecule has 0 saturated carbocycles. The monoisotopic (exact) mass is 365 g/mol. The Morgan fingerprint density at radius 1 is 1.00 bits per heavy atom. The van der Waals surface area contributed by atoms with E-state index in [-0.39, 0.29) is 18.9 Å². The molecule has 0 bridgehead atoms. The maximum absolute atomic E-state index is 12.0. The summed E-state index contributed by atoms with van der Waals surface area (Å²) in [6.45, 7) is 1.79. The molecule has 1 atom stereocenters. The number of hydrogen-bond donors (Lipinski definition) is 1. The fourth-order valence-corrected chi connectivity index (χ4v) is 2.46. The summed E-state index contributed by atoms with van der Waals surface area (Å²) in [7, 11) is 0. The van der Waals surface area contributed by atoms with Crippen LogP contribution in [0.4, 0.5) is 0 Å². The van der Waals surface area contributed by atoms with Crippen molar-refractivity contribution in [1.82, 2.24) is 5.32 Å². The first-order valence-electron chi connectivity index (χ1n) is 7.41. The second-order valence-corrected chi connectivity index (χ2v) is 6.02. The summed E-state index contributed by atoms with van der Waals surface area (Å²) in [6, 6.07) is 14.2. The highest BCUT2D eigenvalue weighted by Gasteiger charge is 2.18. The Morgan fingerprint density at radius 2 is 1.54 bits per heavy atom. The minimum Gasteiger partial charge on any atom is -0.452 e. The summed E-state index contributed by atoms with van der Waals surface area (Å²) in [5, 5.41) is 3.76. The lowest BCUT2D eigenvalue weighted by molar-refractivity contribution is -0.154. The summed E-state index contributed by atoms with van der Waals surface area (Å²) in [4.78, 5) is 24.0. The molecule has 0 aliphatic rings. The third-order valence-electron chi connectivity index (χ3n) is 3.38. The maximum Gasteiger partial charge on any atom is 0.311 e. The van der Waals surface area contributed by atoms with Crippen LogP contribution in [0.3, 0.4) is 0 Å². The Hall–Kier alpha value is -2.04. The Labute approximate surface area is 150 Å². The fourth-order valence-electron chi connectivity index (χ4n) is 2.06. The van der Waals surface area contributed by atoms with Gasteiger partial charge in [-0.2, -0.15) is 0 Å². The van der Waals surface area contributed by atoms with Crippen LogP contribution >= 0.6 is 23.2 Å². The van der Waals surface area contributed by atoms with Crippen molar-refractivity contribution >= 4 is 35.1 Å². The lowest BCUT2D eigenvalue weighted by Gasteiger charge is -2.14. The van der Waals surface area contributed by atoms with Crippen LogP contribution in [0.25, 0.3) is 0 Å². The number of benzene rings is 2. The Kier molecular flexibility index (Phi) is 6.64. The van der Waals surface area contributed by atoms with Crippen LogP contribution < -0.4 is 5.32 Å². The SMILES string of the molecule is C[C@H](OC(=O)Cc1ccccc1Cl)C(=O)NCc1ccccc1Cl. The molecule has 0 aliphatic heterocycles. The van der Waals surface area contributed by atoms with Gasteiger partial charge in [-0.25, -0.2) is 0 Å². The number of carbonyl (C=O) groups is 2. The van der Waals surface area contributed by atoms with Crippen LogP contribution in [0.15, 0.2) is 48.5 Å². The zero-order valence-corrected chi connectivity index (χ0v) is 14.6. The maximum atomic E-state index is 12.0. The van der Waals surface area contributed by atoms with Crippen molar-refractivity contribution in [1.29, 1.82) is 0 Å². The second kappa shape index (κ2) is 8.71. The molecule has 0 aliphatic carbocycles. The van der Waals surface area contributed by atoms with Gasteiger partial charge in [0.1, 0.15) is 0 Å². The summed E-state index contributed by atoms with van der Waals surface area (Å²) in [5.74, 6) is -0.897. The Morgan fingerprint density at radius 3 is 2.12 bits per heavy atom. The van der Waals surface area contributed by atoms with E-state index in [1.165, 1.54) is 6.92 Å². The van der Waals surface area contributed by atoms with Gasteiger partial charge >= 0.3 is 5.97 Å². The predicted octanol–water partition coefficient (Wildman–Crippen LogP) is 3.78. The number of nitrogens with one attached hydrogen (secondary N) is 1. The molecule has 1 amide bonds. The molecule has 0 fully saturated rings. The second-order valence-electron chi connectivity index (χ2n) is 5.21. The van der Waals surface area contributed by atoms with Gasteiger partial charge in [-0.05, 0) is 30.2 Å². The molecule has 6 heteroatoms. The highest BCUT2D eigenvalue weighted by molar-refractivity contribution is 6.31. The zero-order chi connectivity index (χ0) is 17.5. The van der Waals surface area contributed by atoms with Gasteiger partial charge in [0.05, 0.1) is 6.42 Å². The van der Waals surface area contributed by atoms with E-state index in [0.717, 1.165) is 5.56 Å². The van der Waals surface area contributed by atoms with Gasteiger partial charge in [0.25, 0.3) is 5.91 Å². The van der Waals surface area contributed by atoms with E-state index in [9.17, 15) is 9.59 Å². The van der Waals surface area contributed by atoms with Crippen molar-refractivity contribution in [3.05, 3.63) is 69.7 Å². The molecular weight excluding hydrogens is 349 g/mol. The molecule has 0 radical (unpaired) electrons. The minimum absolute atomic E-state index is 0.0157. The minimum atomic E-state index is -0.900. The topological polar surface area (TPSA) is 55.4 Å². The van der Waals surface area contributed by atoms with Crippen LogP contribution in [0.5, 0.6) is 0 Å². The lowest BCUT2D eigenvalue weighted by atomic mass is 10.1. The van der Waals surface area contributed by atoms with E-state index >= 15 is 0 Å². The van der Waals surface area contributed by atoms with Crippen molar-refractivity contribution in [2.24, 2.45) is 0 Å². The van der Waals surface area contributed by atoms with Crippen LogP contribution in [-0.4, -0.2) is 18.0 Å².